The van der Waals surface area contributed by atoms with Crippen molar-refractivity contribution in [1.29, 1.82) is 0 Å². The van der Waals surface area contributed by atoms with Gasteiger partial charge in [0.1, 0.15) is 5.82 Å². The lowest BCUT2D eigenvalue weighted by Crippen LogP contribution is -2.32. The van der Waals surface area contributed by atoms with Gasteiger partial charge < -0.3 is 14.7 Å². The van der Waals surface area contributed by atoms with Crippen LogP contribution in [0.3, 0.4) is 0 Å². The Morgan fingerprint density at radius 2 is 2.03 bits per heavy atom. The predicted molar refractivity (Wildman–Crippen MR) is 124 cm³/mol. The third-order valence-electron chi connectivity index (χ3n) is 5.88. The van der Waals surface area contributed by atoms with Gasteiger partial charge in [-0.2, -0.15) is 0 Å². The highest BCUT2D eigenvalue weighted by Crippen LogP contribution is 2.31. The molecule has 8 heteroatoms. The predicted octanol–water partition coefficient (Wildman–Crippen LogP) is 3.72. The molecule has 8 nitrogen and oxygen atoms in total. The molecule has 2 amide bonds. The Morgan fingerprint density at radius 1 is 1.27 bits per heavy atom. The fraction of sp³-hybridized carbons (Fsp3) is 0.400. The van der Waals surface area contributed by atoms with Crippen LogP contribution in [0.5, 0.6) is 0 Å². The maximum Gasteiger partial charge on any atom is 0.225 e. The van der Waals surface area contributed by atoms with Crippen LogP contribution in [-0.2, 0) is 16.1 Å². The number of nitrogens with zero attached hydrogens (tertiary/aromatic N) is 4. The molecule has 0 radical (unpaired) electrons. The Kier molecular flexibility index (Phi) is 6.53. The summed E-state index contributed by atoms with van der Waals surface area (Å²) in [6, 6.07) is 9.78. The SMILES string of the molecule is CCN1C[C@H](C(=O)NCc2ccc(-c3nc(C(C)C)ncc3-c3cc(C)no3)cc2)CC1=O. The van der Waals surface area contributed by atoms with E-state index in [2.05, 4.69) is 29.3 Å². The van der Waals surface area contributed by atoms with E-state index in [0.29, 0.717) is 25.4 Å². The van der Waals surface area contributed by atoms with E-state index in [1.165, 1.54) is 0 Å². The molecule has 3 aromatic rings. The summed E-state index contributed by atoms with van der Waals surface area (Å²) in [5, 5.41) is 6.96. The smallest absolute Gasteiger partial charge is 0.225 e. The number of amides is 2. The van der Waals surface area contributed by atoms with Crippen LogP contribution in [0.1, 0.15) is 50.2 Å². The molecule has 0 saturated carbocycles. The summed E-state index contributed by atoms with van der Waals surface area (Å²) in [6.07, 6.45) is 2.07. The average Bonchev–Trinajstić information content (AvgIpc) is 3.42. The highest BCUT2D eigenvalue weighted by atomic mass is 16.5. The van der Waals surface area contributed by atoms with Crippen molar-refractivity contribution in [3.63, 3.8) is 0 Å². The summed E-state index contributed by atoms with van der Waals surface area (Å²) < 4.78 is 5.47. The van der Waals surface area contributed by atoms with Crippen LogP contribution in [-0.4, -0.2) is 44.9 Å². The van der Waals surface area contributed by atoms with Crippen molar-refractivity contribution in [2.24, 2.45) is 5.92 Å². The zero-order valence-electron chi connectivity index (χ0n) is 19.5. The lowest BCUT2D eigenvalue weighted by molar-refractivity contribution is -0.128. The van der Waals surface area contributed by atoms with E-state index in [4.69, 9.17) is 9.51 Å². The number of carbonyl (C=O) groups is 2. The van der Waals surface area contributed by atoms with Crippen LogP contribution < -0.4 is 5.32 Å². The zero-order chi connectivity index (χ0) is 23.5. The van der Waals surface area contributed by atoms with Gasteiger partial charge in [-0.25, -0.2) is 9.97 Å². The van der Waals surface area contributed by atoms with Crippen LogP contribution in [0.4, 0.5) is 0 Å². The van der Waals surface area contributed by atoms with Gasteiger partial charge in [-0.3, -0.25) is 9.59 Å². The Labute approximate surface area is 193 Å². The fourth-order valence-corrected chi connectivity index (χ4v) is 3.93. The Morgan fingerprint density at radius 3 is 2.64 bits per heavy atom. The van der Waals surface area contributed by atoms with Crippen LogP contribution >= 0.6 is 0 Å². The second-order valence-electron chi connectivity index (χ2n) is 8.73. The van der Waals surface area contributed by atoms with E-state index in [1.54, 1.807) is 11.1 Å². The molecule has 0 spiro atoms. The summed E-state index contributed by atoms with van der Waals surface area (Å²) in [6.45, 7) is 9.46. The van der Waals surface area contributed by atoms with Gasteiger partial charge in [-0.05, 0) is 19.4 Å². The van der Waals surface area contributed by atoms with Crippen molar-refractivity contribution >= 4 is 11.8 Å². The van der Waals surface area contributed by atoms with Crippen LogP contribution in [0.2, 0.25) is 0 Å². The lowest BCUT2D eigenvalue weighted by atomic mass is 10.0. The largest absolute Gasteiger partial charge is 0.356 e. The van der Waals surface area contributed by atoms with Gasteiger partial charge in [-0.15, -0.1) is 0 Å². The minimum Gasteiger partial charge on any atom is -0.356 e. The van der Waals surface area contributed by atoms with Gasteiger partial charge in [0.25, 0.3) is 0 Å². The van der Waals surface area contributed by atoms with Crippen molar-refractivity contribution < 1.29 is 14.1 Å². The quantitative estimate of drug-likeness (QED) is 0.592. The van der Waals surface area contributed by atoms with Gasteiger partial charge in [0.2, 0.25) is 11.8 Å². The highest BCUT2D eigenvalue weighted by molar-refractivity contribution is 5.89. The zero-order valence-corrected chi connectivity index (χ0v) is 19.5. The van der Waals surface area contributed by atoms with E-state index >= 15 is 0 Å². The molecule has 1 aromatic carbocycles. The van der Waals surface area contributed by atoms with E-state index in [-0.39, 0.29) is 30.1 Å². The van der Waals surface area contributed by atoms with Crippen molar-refractivity contribution in [2.45, 2.75) is 46.6 Å². The maximum atomic E-state index is 12.5. The number of rotatable bonds is 7. The number of likely N-dealkylation sites (tertiary alicyclic amines) is 1. The highest BCUT2D eigenvalue weighted by Gasteiger charge is 2.33. The first-order chi connectivity index (χ1) is 15.9. The van der Waals surface area contributed by atoms with Crippen molar-refractivity contribution in [3.05, 3.63) is 53.6 Å². The van der Waals surface area contributed by atoms with Gasteiger partial charge in [0.15, 0.2) is 5.76 Å². The maximum absolute atomic E-state index is 12.5. The lowest BCUT2D eigenvalue weighted by Gasteiger charge is -2.14. The second-order valence-corrected chi connectivity index (χ2v) is 8.73. The van der Waals surface area contributed by atoms with E-state index in [9.17, 15) is 9.59 Å². The van der Waals surface area contributed by atoms with Gasteiger partial charge in [-0.1, -0.05) is 43.3 Å². The number of carbonyl (C=O) groups excluding carboxylic acids is 2. The molecule has 1 saturated heterocycles. The van der Waals surface area contributed by atoms with E-state index in [1.807, 2.05) is 44.2 Å². The number of aryl methyl sites for hydroxylation is 1. The molecular formula is C25H29N5O3. The molecular weight excluding hydrogens is 418 g/mol. The summed E-state index contributed by atoms with van der Waals surface area (Å²) in [5.41, 5.74) is 4.26. The molecule has 1 fully saturated rings. The van der Waals surface area contributed by atoms with Gasteiger partial charge in [0.05, 0.1) is 22.9 Å². The molecule has 2 aromatic heterocycles. The first-order valence-electron chi connectivity index (χ1n) is 11.3. The number of hydrogen-bond donors (Lipinski definition) is 1. The minimum atomic E-state index is -0.278. The van der Waals surface area contributed by atoms with Crippen LogP contribution in [0, 0.1) is 12.8 Å². The standard InChI is InChI=1S/C25H29N5O3/c1-5-30-14-19(11-22(30)31)25(32)27-12-17-6-8-18(9-7-17)23-20(21-10-16(4)29-33-21)13-26-24(28-23)15(2)3/h6-10,13,15,19H,5,11-12,14H2,1-4H3,(H,27,32)/t19-/m1/s1. The molecule has 1 aliphatic rings. The summed E-state index contributed by atoms with van der Waals surface area (Å²) in [7, 11) is 0. The molecule has 172 valence electrons. The van der Waals surface area contributed by atoms with Crippen molar-refractivity contribution in [2.75, 3.05) is 13.1 Å². The molecule has 1 atom stereocenters. The Hall–Kier alpha value is -3.55. The first-order valence-corrected chi connectivity index (χ1v) is 11.3. The monoisotopic (exact) mass is 447 g/mol. The minimum absolute atomic E-state index is 0.0466. The normalized spacial score (nSPS) is 16.0. The molecule has 33 heavy (non-hydrogen) atoms. The fourth-order valence-electron chi connectivity index (χ4n) is 3.93. The van der Waals surface area contributed by atoms with Crippen molar-refractivity contribution in [1.82, 2.24) is 25.3 Å². The van der Waals surface area contributed by atoms with E-state index in [0.717, 1.165) is 33.9 Å². The molecule has 3 heterocycles. The van der Waals surface area contributed by atoms with Gasteiger partial charge >= 0.3 is 0 Å². The summed E-state index contributed by atoms with van der Waals surface area (Å²) in [4.78, 5) is 35.4. The molecule has 0 bridgehead atoms. The molecule has 1 N–H and O–H groups in total. The third-order valence-corrected chi connectivity index (χ3v) is 5.88. The second kappa shape index (κ2) is 9.52. The summed E-state index contributed by atoms with van der Waals surface area (Å²) in [5.74, 6) is 1.26. The van der Waals surface area contributed by atoms with Gasteiger partial charge in [0, 0.05) is 49.8 Å². The van der Waals surface area contributed by atoms with Crippen molar-refractivity contribution in [3.8, 4) is 22.6 Å². The van der Waals surface area contributed by atoms with Crippen LogP contribution in [0.25, 0.3) is 22.6 Å². The first kappa shape index (κ1) is 22.6. The Balaban J connectivity index is 1.50. The van der Waals surface area contributed by atoms with E-state index < -0.39 is 0 Å². The summed E-state index contributed by atoms with van der Waals surface area (Å²) >= 11 is 0. The molecule has 0 unspecified atom stereocenters. The number of benzene rings is 1. The van der Waals surface area contributed by atoms with Crippen LogP contribution in [0.15, 0.2) is 41.1 Å². The number of nitrogens with one attached hydrogen (secondary N) is 1. The number of aromatic nitrogens is 3. The average molecular weight is 448 g/mol. The Bertz CT molecular complexity index is 1150. The molecule has 4 rings (SSSR count). The topological polar surface area (TPSA) is 101 Å². The third kappa shape index (κ3) is 4.94. The molecule has 1 aliphatic heterocycles. The number of hydrogen-bond acceptors (Lipinski definition) is 6. The molecule has 0 aliphatic carbocycles.